The van der Waals surface area contributed by atoms with Crippen LogP contribution in [0.4, 0.5) is 4.39 Å². The van der Waals surface area contributed by atoms with Crippen LogP contribution >= 0.6 is 0 Å². The molecule has 0 radical (unpaired) electrons. The third kappa shape index (κ3) is 2.95. The molecule has 6 heteroatoms. The van der Waals surface area contributed by atoms with E-state index in [-0.39, 0.29) is 23.7 Å². The highest BCUT2D eigenvalue weighted by atomic mass is 19.1. The van der Waals surface area contributed by atoms with E-state index in [1.165, 1.54) is 16.7 Å². The highest BCUT2D eigenvalue weighted by Crippen LogP contribution is 2.47. The van der Waals surface area contributed by atoms with Crippen LogP contribution in [0.2, 0.25) is 0 Å². The molecule has 1 aliphatic carbocycles. The number of hydrogen-bond donors (Lipinski definition) is 1. The molecule has 0 unspecified atom stereocenters. The second-order valence-electron chi connectivity index (χ2n) is 6.49. The number of para-hydroxylation sites is 2. The number of nitrogens with zero attached hydrogens (tertiary/aromatic N) is 1. The van der Waals surface area contributed by atoms with Gasteiger partial charge in [0.05, 0.1) is 5.52 Å². The SMILES string of the molecule is O=C(Cn1c(=O)oc2ccccc21)NCC1(c2ccc(F)cc2)CC1. The first-order chi connectivity index (χ1) is 12.1. The molecule has 0 spiro atoms. The molecule has 0 bridgehead atoms. The maximum atomic E-state index is 13.1. The van der Waals surface area contributed by atoms with Crippen LogP contribution in [0.15, 0.2) is 57.7 Å². The third-order valence-electron chi connectivity index (χ3n) is 4.81. The molecule has 2 aromatic carbocycles. The molecule has 1 fully saturated rings. The van der Waals surface area contributed by atoms with E-state index in [0.717, 1.165) is 18.4 Å². The van der Waals surface area contributed by atoms with Crippen molar-refractivity contribution in [2.24, 2.45) is 0 Å². The molecule has 3 aromatic rings. The molecule has 1 heterocycles. The number of halogens is 1. The minimum absolute atomic E-state index is 0.0880. The first-order valence-electron chi connectivity index (χ1n) is 8.19. The van der Waals surface area contributed by atoms with Gasteiger partial charge in [-0.3, -0.25) is 9.36 Å². The van der Waals surface area contributed by atoms with Gasteiger partial charge in [-0.15, -0.1) is 0 Å². The summed E-state index contributed by atoms with van der Waals surface area (Å²) in [4.78, 5) is 24.2. The van der Waals surface area contributed by atoms with Gasteiger partial charge in [-0.1, -0.05) is 24.3 Å². The fourth-order valence-corrected chi connectivity index (χ4v) is 3.15. The molecule has 1 aliphatic rings. The van der Waals surface area contributed by atoms with Crippen LogP contribution in [0.3, 0.4) is 0 Å². The van der Waals surface area contributed by atoms with Crippen LogP contribution in [0.1, 0.15) is 18.4 Å². The molecule has 25 heavy (non-hydrogen) atoms. The molecule has 0 saturated heterocycles. The van der Waals surface area contributed by atoms with E-state index < -0.39 is 5.76 Å². The molecule has 4 rings (SSSR count). The predicted octanol–water partition coefficient (Wildman–Crippen LogP) is 2.58. The van der Waals surface area contributed by atoms with E-state index >= 15 is 0 Å². The zero-order valence-electron chi connectivity index (χ0n) is 13.5. The summed E-state index contributed by atoms with van der Waals surface area (Å²) in [6.07, 6.45) is 1.90. The highest BCUT2D eigenvalue weighted by molar-refractivity contribution is 5.79. The predicted molar refractivity (Wildman–Crippen MR) is 90.8 cm³/mol. The van der Waals surface area contributed by atoms with Gasteiger partial charge in [0.1, 0.15) is 12.4 Å². The van der Waals surface area contributed by atoms with Crippen molar-refractivity contribution in [3.05, 3.63) is 70.5 Å². The van der Waals surface area contributed by atoms with Crippen molar-refractivity contribution in [2.75, 3.05) is 6.54 Å². The van der Waals surface area contributed by atoms with Crippen LogP contribution in [-0.2, 0) is 16.8 Å². The van der Waals surface area contributed by atoms with Gasteiger partial charge in [-0.05, 0) is 42.7 Å². The lowest BCUT2D eigenvalue weighted by molar-refractivity contribution is -0.121. The molecule has 128 valence electrons. The Bertz CT molecular complexity index is 984. The maximum absolute atomic E-state index is 13.1. The standard InChI is InChI=1S/C19H17FN2O3/c20-14-7-5-13(6-8-14)19(9-10-19)12-21-17(23)11-22-15-3-1-2-4-16(15)25-18(22)24/h1-8H,9-12H2,(H,21,23). The summed E-state index contributed by atoms with van der Waals surface area (Å²) in [5.41, 5.74) is 1.97. The van der Waals surface area contributed by atoms with Gasteiger partial charge in [0.25, 0.3) is 0 Å². The van der Waals surface area contributed by atoms with Crippen LogP contribution in [0.5, 0.6) is 0 Å². The number of carbonyl (C=O) groups is 1. The number of oxazole rings is 1. The van der Waals surface area contributed by atoms with E-state index in [9.17, 15) is 14.0 Å². The molecule has 1 N–H and O–H groups in total. The van der Waals surface area contributed by atoms with Gasteiger partial charge in [0.15, 0.2) is 5.58 Å². The lowest BCUT2D eigenvalue weighted by Gasteiger charge is -2.16. The Morgan fingerprint density at radius 3 is 2.60 bits per heavy atom. The van der Waals surface area contributed by atoms with Crippen molar-refractivity contribution >= 4 is 17.0 Å². The fourth-order valence-electron chi connectivity index (χ4n) is 3.15. The van der Waals surface area contributed by atoms with Crippen LogP contribution in [0.25, 0.3) is 11.1 Å². The summed E-state index contributed by atoms with van der Waals surface area (Å²) < 4.78 is 19.5. The number of carbonyl (C=O) groups excluding carboxylic acids is 1. The Labute approximate surface area is 143 Å². The second-order valence-corrected chi connectivity index (χ2v) is 6.49. The van der Waals surface area contributed by atoms with Crippen LogP contribution in [-0.4, -0.2) is 17.0 Å². The summed E-state index contributed by atoms with van der Waals surface area (Å²) in [7, 11) is 0. The normalized spacial score (nSPS) is 15.2. The zero-order chi connectivity index (χ0) is 17.4. The number of benzene rings is 2. The van der Waals surface area contributed by atoms with Crippen molar-refractivity contribution < 1.29 is 13.6 Å². The monoisotopic (exact) mass is 340 g/mol. The molecule has 0 atom stereocenters. The van der Waals surface area contributed by atoms with Gasteiger partial charge in [0, 0.05) is 12.0 Å². The van der Waals surface area contributed by atoms with Gasteiger partial charge in [-0.2, -0.15) is 0 Å². The largest absolute Gasteiger partial charge is 0.420 e. The zero-order valence-corrected chi connectivity index (χ0v) is 13.5. The smallest absolute Gasteiger partial charge is 0.408 e. The molecular formula is C19H17FN2O3. The Hall–Kier alpha value is -2.89. The molecule has 5 nitrogen and oxygen atoms in total. The molecule has 1 saturated carbocycles. The summed E-state index contributed by atoms with van der Waals surface area (Å²) >= 11 is 0. The minimum atomic E-state index is -0.545. The van der Waals surface area contributed by atoms with Crippen molar-refractivity contribution in [3.63, 3.8) is 0 Å². The van der Waals surface area contributed by atoms with Crippen LogP contribution < -0.4 is 11.1 Å². The summed E-state index contributed by atoms with van der Waals surface area (Å²) in [6.45, 7) is 0.386. The number of nitrogens with one attached hydrogen (secondary N) is 1. The number of aromatic nitrogens is 1. The summed E-state index contributed by atoms with van der Waals surface area (Å²) in [6, 6.07) is 13.4. The van der Waals surface area contributed by atoms with Crippen molar-refractivity contribution in [1.82, 2.24) is 9.88 Å². The van der Waals surface area contributed by atoms with Gasteiger partial charge >= 0.3 is 5.76 Å². The first-order valence-corrected chi connectivity index (χ1v) is 8.19. The van der Waals surface area contributed by atoms with E-state index in [1.807, 2.05) is 0 Å². The van der Waals surface area contributed by atoms with E-state index in [0.29, 0.717) is 17.6 Å². The summed E-state index contributed by atoms with van der Waals surface area (Å²) in [5.74, 6) is -1.06. The minimum Gasteiger partial charge on any atom is -0.408 e. The van der Waals surface area contributed by atoms with Gasteiger partial charge in [-0.25, -0.2) is 9.18 Å². The topological polar surface area (TPSA) is 64.2 Å². The van der Waals surface area contributed by atoms with Crippen LogP contribution in [0, 0.1) is 5.82 Å². The lowest BCUT2D eigenvalue weighted by atomic mass is 9.96. The maximum Gasteiger partial charge on any atom is 0.420 e. The third-order valence-corrected chi connectivity index (χ3v) is 4.81. The average molecular weight is 340 g/mol. The molecule has 1 amide bonds. The quantitative estimate of drug-likeness (QED) is 0.776. The number of amides is 1. The van der Waals surface area contributed by atoms with Gasteiger partial charge in [0.2, 0.25) is 5.91 Å². The van der Waals surface area contributed by atoms with E-state index in [1.54, 1.807) is 36.4 Å². The number of fused-ring (bicyclic) bond motifs is 1. The number of rotatable bonds is 5. The Morgan fingerprint density at radius 2 is 1.88 bits per heavy atom. The first kappa shape index (κ1) is 15.6. The van der Waals surface area contributed by atoms with E-state index in [2.05, 4.69) is 5.32 Å². The highest BCUT2D eigenvalue weighted by Gasteiger charge is 2.44. The molecule has 0 aliphatic heterocycles. The second kappa shape index (κ2) is 5.88. The average Bonchev–Trinajstić information content (AvgIpc) is 3.34. The number of hydrogen-bond acceptors (Lipinski definition) is 3. The summed E-state index contributed by atoms with van der Waals surface area (Å²) in [5, 5.41) is 2.89. The van der Waals surface area contributed by atoms with Gasteiger partial charge < -0.3 is 9.73 Å². The Kier molecular flexibility index (Phi) is 3.67. The van der Waals surface area contributed by atoms with Crippen molar-refractivity contribution in [3.8, 4) is 0 Å². The Morgan fingerprint density at radius 1 is 1.16 bits per heavy atom. The molecular weight excluding hydrogens is 323 g/mol. The fraction of sp³-hybridized carbons (Fsp3) is 0.263. The van der Waals surface area contributed by atoms with E-state index in [4.69, 9.17) is 4.42 Å². The van der Waals surface area contributed by atoms with Crippen molar-refractivity contribution in [2.45, 2.75) is 24.8 Å². The molecule has 1 aromatic heterocycles. The van der Waals surface area contributed by atoms with Crippen molar-refractivity contribution in [1.29, 1.82) is 0 Å². The Balaban J connectivity index is 1.45. The lowest BCUT2D eigenvalue weighted by Crippen LogP contribution is -2.36.